The van der Waals surface area contributed by atoms with E-state index >= 15 is 0 Å². The van der Waals surface area contributed by atoms with Gasteiger partial charge in [0.2, 0.25) is 0 Å². The summed E-state index contributed by atoms with van der Waals surface area (Å²) in [6, 6.07) is 5.97. The van der Waals surface area contributed by atoms with E-state index in [-0.39, 0.29) is 0 Å². The Morgan fingerprint density at radius 1 is 1.38 bits per heavy atom. The van der Waals surface area contributed by atoms with Crippen LogP contribution in [0.5, 0.6) is 0 Å². The number of ether oxygens (including phenoxy) is 1. The average Bonchev–Trinajstić information content (AvgIpc) is 2.22. The fraction of sp³-hybridized carbons (Fsp3) is 0.400. The number of hydrogen-bond acceptors (Lipinski definition) is 2. The molecule has 0 amide bonds. The van der Waals surface area contributed by atoms with Crippen LogP contribution < -0.4 is 5.73 Å². The third-order valence-electron chi connectivity index (χ3n) is 1.97. The molecule has 0 radical (unpaired) electrons. The van der Waals surface area contributed by atoms with Crippen LogP contribution in [0, 0.1) is 0 Å². The summed E-state index contributed by atoms with van der Waals surface area (Å²) in [6.45, 7) is 1.52. The highest BCUT2D eigenvalue weighted by molar-refractivity contribution is 6.31. The van der Waals surface area contributed by atoms with E-state index in [4.69, 9.17) is 16.3 Å². The summed E-state index contributed by atoms with van der Waals surface area (Å²) in [4.78, 5) is 0. The molecule has 0 saturated carbocycles. The monoisotopic (exact) mass is 199 g/mol. The van der Waals surface area contributed by atoms with E-state index in [2.05, 4.69) is 11.8 Å². The standard InChI is InChI=1S/C9H9ClO.CH5N/c10-9-3-1-2-7-6-11-5-4-8(7)9;1-2/h1-3H,4-6H2;2H2,1H3. The van der Waals surface area contributed by atoms with Gasteiger partial charge in [0.15, 0.2) is 0 Å². The average molecular weight is 200 g/mol. The Morgan fingerprint density at radius 3 is 2.85 bits per heavy atom. The minimum Gasteiger partial charge on any atom is -0.376 e. The zero-order chi connectivity index (χ0) is 9.68. The molecule has 0 atom stereocenters. The molecule has 72 valence electrons. The maximum Gasteiger partial charge on any atom is 0.0720 e. The van der Waals surface area contributed by atoms with Crippen molar-refractivity contribution in [2.45, 2.75) is 13.0 Å². The van der Waals surface area contributed by atoms with Gasteiger partial charge < -0.3 is 10.5 Å². The SMILES string of the molecule is CN.Clc1cccc2c1CCOC2. The van der Waals surface area contributed by atoms with Crippen molar-refractivity contribution < 1.29 is 4.74 Å². The lowest BCUT2D eigenvalue weighted by Crippen LogP contribution is -2.09. The van der Waals surface area contributed by atoms with Crippen molar-refractivity contribution in [2.75, 3.05) is 13.7 Å². The van der Waals surface area contributed by atoms with E-state index < -0.39 is 0 Å². The summed E-state index contributed by atoms with van der Waals surface area (Å²) < 4.78 is 5.29. The zero-order valence-electron chi connectivity index (χ0n) is 7.72. The molecule has 13 heavy (non-hydrogen) atoms. The van der Waals surface area contributed by atoms with Crippen molar-refractivity contribution in [1.29, 1.82) is 0 Å². The summed E-state index contributed by atoms with van der Waals surface area (Å²) in [5, 5.41) is 0.880. The largest absolute Gasteiger partial charge is 0.376 e. The van der Waals surface area contributed by atoms with Gasteiger partial charge in [0, 0.05) is 5.02 Å². The normalized spacial score (nSPS) is 14.1. The predicted octanol–water partition coefficient (Wildman–Crippen LogP) is 1.99. The molecule has 1 aliphatic heterocycles. The van der Waals surface area contributed by atoms with E-state index in [0.29, 0.717) is 0 Å². The maximum absolute atomic E-state index is 5.99. The lowest BCUT2D eigenvalue weighted by atomic mass is 10.0. The van der Waals surface area contributed by atoms with Crippen LogP contribution in [0.4, 0.5) is 0 Å². The van der Waals surface area contributed by atoms with Crippen LogP contribution in [0.3, 0.4) is 0 Å². The second-order valence-electron chi connectivity index (χ2n) is 2.68. The molecule has 1 aliphatic rings. The quantitative estimate of drug-likeness (QED) is 0.694. The van der Waals surface area contributed by atoms with Crippen LogP contribution in [0.2, 0.25) is 5.02 Å². The van der Waals surface area contributed by atoms with Crippen molar-refractivity contribution in [3.8, 4) is 0 Å². The first-order chi connectivity index (χ1) is 6.38. The van der Waals surface area contributed by atoms with Crippen molar-refractivity contribution in [3.05, 3.63) is 34.3 Å². The molecule has 0 fully saturated rings. The number of rotatable bonds is 0. The summed E-state index contributed by atoms with van der Waals surface area (Å²) in [5.74, 6) is 0. The van der Waals surface area contributed by atoms with Crippen LogP contribution in [0.15, 0.2) is 18.2 Å². The molecular weight excluding hydrogens is 186 g/mol. The lowest BCUT2D eigenvalue weighted by Gasteiger charge is -2.16. The van der Waals surface area contributed by atoms with Gasteiger partial charge >= 0.3 is 0 Å². The molecule has 0 spiro atoms. The summed E-state index contributed by atoms with van der Waals surface area (Å²) in [5.41, 5.74) is 7.00. The van der Waals surface area contributed by atoms with E-state index in [0.717, 1.165) is 24.7 Å². The summed E-state index contributed by atoms with van der Waals surface area (Å²) in [7, 11) is 1.50. The molecule has 0 bridgehead atoms. The first-order valence-corrected chi connectivity index (χ1v) is 4.67. The minimum atomic E-state index is 0.718. The van der Waals surface area contributed by atoms with E-state index in [1.54, 1.807) is 0 Å². The number of benzene rings is 1. The van der Waals surface area contributed by atoms with Crippen molar-refractivity contribution in [3.63, 3.8) is 0 Å². The first kappa shape index (κ1) is 10.5. The van der Waals surface area contributed by atoms with Gasteiger partial charge in [-0.1, -0.05) is 23.7 Å². The highest BCUT2D eigenvalue weighted by Gasteiger charge is 2.10. The van der Waals surface area contributed by atoms with E-state index in [9.17, 15) is 0 Å². The van der Waals surface area contributed by atoms with Gasteiger partial charge in [-0.2, -0.15) is 0 Å². The third kappa shape index (κ3) is 2.44. The highest BCUT2D eigenvalue weighted by atomic mass is 35.5. The number of hydrogen-bond donors (Lipinski definition) is 1. The Labute approximate surface area is 83.6 Å². The second kappa shape index (κ2) is 5.22. The molecule has 2 N–H and O–H groups in total. The van der Waals surface area contributed by atoms with Gasteiger partial charge in [-0.15, -0.1) is 0 Å². The van der Waals surface area contributed by atoms with Gasteiger partial charge in [-0.3, -0.25) is 0 Å². The Kier molecular flexibility index (Phi) is 4.22. The molecule has 2 rings (SSSR count). The molecule has 0 aromatic heterocycles. The molecule has 0 unspecified atom stereocenters. The van der Waals surface area contributed by atoms with Crippen LogP contribution >= 0.6 is 11.6 Å². The van der Waals surface area contributed by atoms with Crippen LogP contribution in [0.25, 0.3) is 0 Å². The molecule has 2 nitrogen and oxygen atoms in total. The topological polar surface area (TPSA) is 35.2 Å². The Balaban J connectivity index is 0.000000396. The highest BCUT2D eigenvalue weighted by Crippen LogP contribution is 2.24. The van der Waals surface area contributed by atoms with Gasteiger partial charge in [0.1, 0.15) is 0 Å². The Morgan fingerprint density at radius 2 is 2.15 bits per heavy atom. The molecule has 1 aromatic rings. The Bertz CT molecular complexity index is 276. The summed E-state index contributed by atoms with van der Waals surface area (Å²) in [6.07, 6.45) is 0.953. The van der Waals surface area contributed by atoms with Gasteiger partial charge in [0.05, 0.1) is 13.2 Å². The predicted molar refractivity (Wildman–Crippen MR) is 54.9 cm³/mol. The number of halogens is 1. The number of fused-ring (bicyclic) bond motifs is 1. The van der Waals surface area contributed by atoms with Gasteiger partial charge in [-0.05, 0) is 30.7 Å². The number of nitrogens with two attached hydrogens (primary N) is 1. The lowest BCUT2D eigenvalue weighted by molar-refractivity contribution is 0.111. The first-order valence-electron chi connectivity index (χ1n) is 4.29. The second-order valence-corrected chi connectivity index (χ2v) is 3.09. The minimum absolute atomic E-state index is 0.718. The summed E-state index contributed by atoms with van der Waals surface area (Å²) >= 11 is 5.99. The molecule has 3 heteroatoms. The van der Waals surface area contributed by atoms with Gasteiger partial charge in [-0.25, -0.2) is 0 Å². The zero-order valence-corrected chi connectivity index (χ0v) is 8.47. The van der Waals surface area contributed by atoms with Crippen LogP contribution in [-0.2, 0) is 17.8 Å². The molecule has 0 saturated heterocycles. The maximum atomic E-state index is 5.99. The van der Waals surface area contributed by atoms with Crippen molar-refractivity contribution >= 4 is 11.6 Å². The Hall–Kier alpha value is -0.570. The van der Waals surface area contributed by atoms with E-state index in [1.807, 2.05) is 12.1 Å². The van der Waals surface area contributed by atoms with Crippen LogP contribution in [0.1, 0.15) is 11.1 Å². The molecular formula is C10H14ClNO. The van der Waals surface area contributed by atoms with Crippen molar-refractivity contribution in [2.24, 2.45) is 5.73 Å². The van der Waals surface area contributed by atoms with Gasteiger partial charge in [0.25, 0.3) is 0 Å². The molecule has 1 heterocycles. The van der Waals surface area contributed by atoms with Crippen molar-refractivity contribution in [1.82, 2.24) is 0 Å². The van der Waals surface area contributed by atoms with Crippen LogP contribution in [-0.4, -0.2) is 13.7 Å². The fourth-order valence-electron chi connectivity index (χ4n) is 1.37. The fourth-order valence-corrected chi connectivity index (χ4v) is 1.66. The molecule has 1 aromatic carbocycles. The third-order valence-corrected chi connectivity index (χ3v) is 2.32. The smallest absolute Gasteiger partial charge is 0.0720 e. The van der Waals surface area contributed by atoms with E-state index in [1.165, 1.54) is 18.2 Å². The molecule has 0 aliphatic carbocycles.